The lowest BCUT2D eigenvalue weighted by atomic mass is 10.2. The van der Waals surface area contributed by atoms with E-state index in [2.05, 4.69) is 26.4 Å². The lowest BCUT2D eigenvalue weighted by Crippen LogP contribution is -2.11. The third-order valence-corrected chi connectivity index (χ3v) is 3.90. The molecule has 4 nitrogen and oxygen atoms in total. The van der Waals surface area contributed by atoms with Gasteiger partial charge in [-0.25, -0.2) is 0 Å². The van der Waals surface area contributed by atoms with Crippen LogP contribution in [0.25, 0.3) is 0 Å². The maximum Gasteiger partial charge on any atom is 0.229 e. The normalized spacial score (nSPS) is 10.7. The Bertz CT molecular complexity index is 706. The van der Waals surface area contributed by atoms with Gasteiger partial charge in [0.15, 0.2) is 0 Å². The van der Waals surface area contributed by atoms with Gasteiger partial charge in [0, 0.05) is 25.8 Å². The first-order valence-corrected chi connectivity index (χ1v) is 8.22. The third-order valence-electron chi connectivity index (χ3n) is 2.79. The van der Waals surface area contributed by atoms with Gasteiger partial charge in [-0.05, 0) is 36.4 Å². The van der Waals surface area contributed by atoms with Crippen molar-refractivity contribution in [2.45, 2.75) is 13.0 Å². The molecule has 0 aliphatic heterocycles. The molecule has 0 bridgehead atoms. The van der Waals surface area contributed by atoms with Gasteiger partial charge in [0.05, 0.1) is 12.6 Å². The lowest BCUT2D eigenvalue weighted by Gasteiger charge is -2.04. The fourth-order valence-corrected chi connectivity index (χ4v) is 2.39. The van der Waals surface area contributed by atoms with Crippen molar-refractivity contribution in [1.29, 1.82) is 0 Å². The predicted molar refractivity (Wildman–Crippen MR) is 97.1 cm³/mol. The molecule has 0 fully saturated rings. The molecular formula is C16H13BrCl2N2O2. The van der Waals surface area contributed by atoms with Crippen LogP contribution < -0.4 is 5.32 Å². The molecule has 7 heteroatoms. The van der Waals surface area contributed by atoms with E-state index in [1.807, 2.05) is 12.1 Å². The minimum Gasteiger partial charge on any atom is -0.391 e. The number of hydrogen-bond donors (Lipinski definition) is 1. The molecule has 120 valence electrons. The summed E-state index contributed by atoms with van der Waals surface area (Å²) in [5.74, 6) is -0.177. The number of carbonyl (C=O) groups is 1. The van der Waals surface area contributed by atoms with Crippen LogP contribution in [0.5, 0.6) is 0 Å². The molecule has 0 aliphatic rings. The summed E-state index contributed by atoms with van der Waals surface area (Å²) in [5, 5.41) is 7.57. The highest BCUT2D eigenvalue weighted by atomic mass is 79.9. The van der Waals surface area contributed by atoms with Crippen molar-refractivity contribution in [3.05, 3.63) is 62.5 Å². The van der Waals surface area contributed by atoms with Crippen molar-refractivity contribution in [3.8, 4) is 0 Å². The van der Waals surface area contributed by atoms with Crippen LogP contribution in [0.4, 0.5) is 5.69 Å². The predicted octanol–water partition coefficient (Wildman–Crippen LogP) is 5.29. The lowest BCUT2D eigenvalue weighted by molar-refractivity contribution is -0.115. The van der Waals surface area contributed by atoms with E-state index >= 15 is 0 Å². The van der Waals surface area contributed by atoms with Crippen LogP contribution in [-0.2, 0) is 16.2 Å². The van der Waals surface area contributed by atoms with E-state index in [1.165, 1.54) is 6.21 Å². The number of anilines is 1. The number of benzene rings is 2. The number of rotatable bonds is 6. The van der Waals surface area contributed by atoms with Gasteiger partial charge in [-0.1, -0.05) is 50.4 Å². The Morgan fingerprint density at radius 3 is 2.65 bits per heavy atom. The van der Waals surface area contributed by atoms with E-state index in [-0.39, 0.29) is 18.9 Å². The van der Waals surface area contributed by atoms with Crippen molar-refractivity contribution in [1.82, 2.24) is 0 Å². The summed E-state index contributed by atoms with van der Waals surface area (Å²) in [7, 11) is 0. The summed E-state index contributed by atoms with van der Waals surface area (Å²) in [4.78, 5) is 16.8. The van der Waals surface area contributed by atoms with Crippen LogP contribution in [0.15, 0.2) is 52.1 Å². The summed E-state index contributed by atoms with van der Waals surface area (Å²) >= 11 is 15.2. The van der Waals surface area contributed by atoms with Crippen LogP contribution in [0.3, 0.4) is 0 Å². The molecule has 0 aliphatic carbocycles. The summed E-state index contributed by atoms with van der Waals surface area (Å²) in [6.45, 7) is 0.209. The van der Waals surface area contributed by atoms with E-state index < -0.39 is 0 Å². The first-order valence-electron chi connectivity index (χ1n) is 6.68. The zero-order valence-electron chi connectivity index (χ0n) is 11.9. The Morgan fingerprint density at radius 2 is 1.96 bits per heavy atom. The Morgan fingerprint density at radius 1 is 1.22 bits per heavy atom. The Kier molecular flexibility index (Phi) is 6.89. The number of nitrogens with one attached hydrogen (secondary N) is 1. The molecule has 0 aromatic heterocycles. The highest BCUT2D eigenvalue weighted by Crippen LogP contribution is 2.21. The minimum atomic E-state index is -0.177. The Labute approximate surface area is 152 Å². The Hall–Kier alpha value is -1.56. The molecule has 0 atom stereocenters. The SMILES string of the molecule is O=C(C/C=N\OCc1ccc(Cl)cc1Cl)Nc1ccc(Br)cc1. The first-order chi connectivity index (χ1) is 11.0. The monoisotopic (exact) mass is 414 g/mol. The molecule has 2 rings (SSSR count). The summed E-state index contributed by atoms with van der Waals surface area (Å²) in [5.41, 5.74) is 1.49. The number of oxime groups is 1. The number of hydrogen-bond acceptors (Lipinski definition) is 3. The second kappa shape index (κ2) is 8.91. The zero-order chi connectivity index (χ0) is 16.7. The molecule has 2 aromatic carbocycles. The second-order valence-electron chi connectivity index (χ2n) is 4.56. The number of nitrogens with zero attached hydrogens (tertiary/aromatic N) is 1. The number of amides is 1. The first kappa shape index (κ1) is 17.8. The molecule has 0 saturated heterocycles. The maximum absolute atomic E-state index is 11.7. The topological polar surface area (TPSA) is 50.7 Å². The summed E-state index contributed by atoms with van der Waals surface area (Å²) in [6, 6.07) is 12.4. The van der Waals surface area contributed by atoms with Crippen LogP contribution in [0, 0.1) is 0 Å². The van der Waals surface area contributed by atoms with E-state index in [0.717, 1.165) is 15.7 Å². The summed E-state index contributed by atoms with van der Waals surface area (Å²) < 4.78 is 0.950. The molecule has 0 radical (unpaired) electrons. The van der Waals surface area contributed by atoms with Crippen LogP contribution >= 0.6 is 39.1 Å². The Balaban J connectivity index is 1.73. The molecule has 0 unspecified atom stereocenters. The molecule has 1 amide bonds. The molecular weight excluding hydrogens is 403 g/mol. The quantitative estimate of drug-likeness (QED) is 0.514. The fraction of sp³-hybridized carbons (Fsp3) is 0.125. The highest BCUT2D eigenvalue weighted by Gasteiger charge is 2.02. The number of halogens is 3. The highest BCUT2D eigenvalue weighted by molar-refractivity contribution is 9.10. The number of carbonyl (C=O) groups excluding carboxylic acids is 1. The third kappa shape index (κ3) is 6.22. The maximum atomic E-state index is 11.7. The molecule has 0 saturated carbocycles. The van der Waals surface area contributed by atoms with Gasteiger partial charge in [0.2, 0.25) is 5.91 Å². The molecule has 0 heterocycles. The van der Waals surface area contributed by atoms with Gasteiger partial charge in [-0.15, -0.1) is 0 Å². The second-order valence-corrected chi connectivity index (χ2v) is 6.32. The molecule has 2 aromatic rings. The van der Waals surface area contributed by atoms with Crippen LogP contribution in [0.1, 0.15) is 12.0 Å². The van der Waals surface area contributed by atoms with Crippen LogP contribution in [0.2, 0.25) is 10.0 Å². The smallest absolute Gasteiger partial charge is 0.229 e. The van der Waals surface area contributed by atoms with Gasteiger partial charge in [-0.3, -0.25) is 4.79 Å². The van der Waals surface area contributed by atoms with Gasteiger partial charge >= 0.3 is 0 Å². The van der Waals surface area contributed by atoms with Crippen molar-refractivity contribution in [2.75, 3.05) is 5.32 Å². The molecule has 1 N–H and O–H groups in total. The molecule has 0 spiro atoms. The van der Waals surface area contributed by atoms with E-state index in [1.54, 1.807) is 30.3 Å². The van der Waals surface area contributed by atoms with E-state index in [0.29, 0.717) is 10.0 Å². The van der Waals surface area contributed by atoms with Crippen LogP contribution in [-0.4, -0.2) is 12.1 Å². The van der Waals surface area contributed by atoms with Gasteiger partial charge < -0.3 is 10.2 Å². The van der Waals surface area contributed by atoms with Gasteiger partial charge in [0.1, 0.15) is 6.61 Å². The fourth-order valence-electron chi connectivity index (χ4n) is 1.66. The average Bonchev–Trinajstić information content (AvgIpc) is 2.51. The minimum absolute atomic E-state index is 0.115. The van der Waals surface area contributed by atoms with Gasteiger partial charge in [-0.2, -0.15) is 0 Å². The van der Waals surface area contributed by atoms with E-state index in [4.69, 9.17) is 28.0 Å². The van der Waals surface area contributed by atoms with Crippen molar-refractivity contribution >= 4 is 56.9 Å². The zero-order valence-corrected chi connectivity index (χ0v) is 15.0. The largest absolute Gasteiger partial charge is 0.391 e. The summed E-state index contributed by atoms with van der Waals surface area (Å²) in [6.07, 6.45) is 1.52. The van der Waals surface area contributed by atoms with Crippen molar-refractivity contribution in [2.24, 2.45) is 5.16 Å². The van der Waals surface area contributed by atoms with Gasteiger partial charge in [0.25, 0.3) is 0 Å². The molecule has 23 heavy (non-hydrogen) atoms. The van der Waals surface area contributed by atoms with Crippen molar-refractivity contribution < 1.29 is 9.63 Å². The standard InChI is InChI=1S/C16H13BrCl2N2O2/c17-12-2-5-14(6-3-12)21-16(22)7-8-20-23-10-11-1-4-13(18)9-15(11)19/h1-6,8-9H,7,10H2,(H,21,22)/b20-8-. The van der Waals surface area contributed by atoms with E-state index in [9.17, 15) is 4.79 Å². The average molecular weight is 416 g/mol. The van der Waals surface area contributed by atoms with Crippen molar-refractivity contribution in [3.63, 3.8) is 0 Å².